The summed E-state index contributed by atoms with van der Waals surface area (Å²) in [6, 6.07) is 12.3. The van der Waals surface area contributed by atoms with E-state index in [1.54, 1.807) is 25.3 Å². The van der Waals surface area contributed by atoms with E-state index < -0.39 is 0 Å². The predicted molar refractivity (Wildman–Crippen MR) is 81.8 cm³/mol. The average molecular weight is 310 g/mol. The second kappa shape index (κ2) is 6.64. The van der Waals surface area contributed by atoms with E-state index in [1.165, 1.54) is 0 Å². The molecule has 2 rings (SSSR count). The summed E-state index contributed by atoms with van der Waals surface area (Å²) in [5.41, 5.74) is 1.39. The van der Waals surface area contributed by atoms with Gasteiger partial charge in [0.05, 0.1) is 13.5 Å². The molecule has 0 heterocycles. The monoisotopic (exact) mass is 309 g/mol. The smallest absolute Gasteiger partial charge is 0.228 e. The van der Waals surface area contributed by atoms with Crippen LogP contribution in [0.1, 0.15) is 5.56 Å². The van der Waals surface area contributed by atoms with E-state index in [-0.39, 0.29) is 12.3 Å². The van der Waals surface area contributed by atoms with Gasteiger partial charge in [-0.05, 0) is 24.3 Å². The summed E-state index contributed by atoms with van der Waals surface area (Å²) in [4.78, 5) is 12.0. The molecule has 1 N–H and O–H groups in total. The van der Waals surface area contributed by atoms with Gasteiger partial charge in [0, 0.05) is 21.3 Å². The van der Waals surface area contributed by atoms with Crippen LogP contribution < -0.4 is 10.1 Å². The summed E-state index contributed by atoms with van der Waals surface area (Å²) in [6.45, 7) is 0. The highest BCUT2D eigenvalue weighted by Gasteiger charge is 2.09. The zero-order valence-corrected chi connectivity index (χ0v) is 12.3. The van der Waals surface area contributed by atoms with Crippen molar-refractivity contribution in [3.63, 3.8) is 0 Å². The lowest BCUT2D eigenvalue weighted by Gasteiger charge is -2.09. The molecule has 5 heteroatoms. The molecule has 0 unspecified atom stereocenters. The number of carbonyl (C=O) groups is 1. The fraction of sp³-hybridized carbons (Fsp3) is 0.133. The van der Waals surface area contributed by atoms with Crippen LogP contribution in [0, 0.1) is 0 Å². The molecule has 0 bridgehead atoms. The molecule has 0 atom stereocenters. The van der Waals surface area contributed by atoms with E-state index in [4.69, 9.17) is 27.9 Å². The number of anilines is 1. The normalized spacial score (nSPS) is 10.2. The quantitative estimate of drug-likeness (QED) is 0.920. The van der Waals surface area contributed by atoms with Crippen molar-refractivity contribution >= 4 is 34.8 Å². The van der Waals surface area contributed by atoms with Gasteiger partial charge < -0.3 is 10.1 Å². The van der Waals surface area contributed by atoms with Crippen LogP contribution >= 0.6 is 23.2 Å². The van der Waals surface area contributed by atoms with Crippen LogP contribution in [0.3, 0.4) is 0 Å². The molecule has 0 aliphatic carbocycles. The van der Waals surface area contributed by atoms with Crippen LogP contribution in [0.15, 0.2) is 42.5 Å². The molecule has 0 saturated carbocycles. The number of hydrogen-bond donors (Lipinski definition) is 1. The largest absolute Gasteiger partial charge is 0.496 e. The molecule has 0 fully saturated rings. The maximum atomic E-state index is 12.0. The van der Waals surface area contributed by atoms with E-state index in [0.717, 1.165) is 5.56 Å². The lowest BCUT2D eigenvalue weighted by Crippen LogP contribution is -2.14. The van der Waals surface area contributed by atoms with Crippen LogP contribution in [-0.4, -0.2) is 13.0 Å². The Morgan fingerprint density at radius 1 is 1.15 bits per heavy atom. The van der Waals surface area contributed by atoms with Crippen molar-refractivity contribution in [1.82, 2.24) is 0 Å². The molecule has 1 amide bonds. The van der Waals surface area contributed by atoms with E-state index in [0.29, 0.717) is 21.5 Å². The Hall–Kier alpha value is -1.71. The number of nitrogens with one attached hydrogen (secondary N) is 1. The minimum absolute atomic E-state index is 0.159. The summed E-state index contributed by atoms with van der Waals surface area (Å²) in [6.07, 6.45) is 0.216. The van der Waals surface area contributed by atoms with Crippen LogP contribution in [0.5, 0.6) is 5.75 Å². The molecule has 3 nitrogen and oxygen atoms in total. The molecular formula is C15H13Cl2NO2. The maximum Gasteiger partial charge on any atom is 0.228 e. The zero-order chi connectivity index (χ0) is 14.5. The van der Waals surface area contributed by atoms with Gasteiger partial charge >= 0.3 is 0 Å². The molecular weight excluding hydrogens is 297 g/mol. The molecule has 0 aliphatic rings. The Morgan fingerprint density at radius 2 is 1.80 bits per heavy atom. The number of para-hydroxylation sites is 1. The fourth-order valence-corrected chi connectivity index (χ4v) is 2.38. The minimum atomic E-state index is -0.159. The lowest BCUT2D eigenvalue weighted by atomic mass is 10.1. The van der Waals surface area contributed by atoms with Gasteiger partial charge in [-0.3, -0.25) is 4.79 Å². The topological polar surface area (TPSA) is 38.3 Å². The first-order valence-electron chi connectivity index (χ1n) is 5.96. The first-order valence-corrected chi connectivity index (χ1v) is 6.72. The van der Waals surface area contributed by atoms with Crippen LogP contribution in [0.25, 0.3) is 0 Å². The Kier molecular flexibility index (Phi) is 4.88. The number of ether oxygens (including phenoxy) is 1. The van der Waals surface area contributed by atoms with Crippen molar-refractivity contribution in [2.45, 2.75) is 6.42 Å². The predicted octanol–water partition coefficient (Wildman–Crippen LogP) is 4.18. The van der Waals surface area contributed by atoms with E-state index in [1.807, 2.05) is 24.3 Å². The summed E-state index contributed by atoms with van der Waals surface area (Å²) in [5.74, 6) is 0.527. The third-order valence-corrected chi connectivity index (χ3v) is 3.13. The molecule has 104 valence electrons. The van der Waals surface area contributed by atoms with Crippen molar-refractivity contribution in [2.75, 3.05) is 12.4 Å². The third kappa shape index (κ3) is 3.89. The zero-order valence-electron chi connectivity index (χ0n) is 10.8. The number of rotatable bonds is 4. The summed E-state index contributed by atoms with van der Waals surface area (Å²) < 4.78 is 5.21. The van der Waals surface area contributed by atoms with Gasteiger partial charge in [0.25, 0.3) is 0 Å². The number of benzene rings is 2. The highest BCUT2D eigenvalue weighted by molar-refractivity contribution is 6.35. The summed E-state index contributed by atoms with van der Waals surface area (Å²) in [7, 11) is 1.58. The van der Waals surface area contributed by atoms with E-state index >= 15 is 0 Å². The highest BCUT2D eigenvalue weighted by Crippen LogP contribution is 2.23. The molecule has 2 aromatic rings. The fourth-order valence-electron chi connectivity index (χ4n) is 1.85. The molecule has 0 aliphatic heterocycles. The van der Waals surface area contributed by atoms with Gasteiger partial charge in [-0.15, -0.1) is 0 Å². The van der Waals surface area contributed by atoms with Gasteiger partial charge in [0.2, 0.25) is 5.91 Å². The Labute approximate surface area is 127 Å². The molecule has 0 spiro atoms. The number of hydrogen-bond acceptors (Lipinski definition) is 2. The Balaban J connectivity index is 2.09. The lowest BCUT2D eigenvalue weighted by molar-refractivity contribution is -0.115. The Morgan fingerprint density at radius 3 is 2.45 bits per heavy atom. The van der Waals surface area contributed by atoms with Crippen molar-refractivity contribution in [3.8, 4) is 5.75 Å². The number of methoxy groups -OCH3 is 1. The van der Waals surface area contributed by atoms with Crippen molar-refractivity contribution < 1.29 is 9.53 Å². The standard InChI is InChI=1S/C15H13Cl2NO2/c1-20-14-5-3-2-4-10(14)6-15(19)18-13-8-11(16)7-12(17)9-13/h2-5,7-9H,6H2,1H3,(H,18,19). The second-order valence-corrected chi connectivity index (χ2v) is 5.07. The summed E-state index contributed by atoms with van der Waals surface area (Å²) in [5, 5.41) is 3.71. The maximum absolute atomic E-state index is 12.0. The molecule has 20 heavy (non-hydrogen) atoms. The first-order chi connectivity index (χ1) is 9.58. The van der Waals surface area contributed by atoms with Gasteiger partial charge in [-0.1, -0.05) is 41.4 Å². The number of carbonyl (C=O) groups excluding carboxylic acids is 1. The van der Waals surface area contributed by atoms with Gasteiger partial charge in [0.15, 0.2) is 0 Å². The van der Waals surface area contributed by atoms with Crippen molar-refractivity contribution in [3.05, 3.63) is 58.1 Å². The average Bonchev–Trinajstić information content (AvgIpc) is 2.37. The molecule has 0 aromatic heterocycles. The third-order valence-electron chi connectivity index (χ3n) is 2.69. The summed E-state index contributed by atoms with van der Waals surface area (Å²) >= 11 is 11.8. The van der Waals surface area contributed by atoms with Crippen molar-refractivity contribution in [1.29, 1.82) is 0 Å². The van der Waals surface area contributed by atoms with Crippen LogP contribution in [-0.2, 0) is 11.2 Å². The molecule has 0 radical (unpaired) electrons. The highest BCUT2D eigenvalue weighted by atomic mass is 35.5. The van der Waals surface area contributed by atoms with Crippen LogP contribution in [0.4, 0.5) is 5.69 Å². The molecule has 0 saturated heterocycles. The Bertz CT molecular complexity index is 609. The van der Waals surface area contributed by atoms with Gasteiger partial charge in [-0.2, -0.15) is 0 Å². The SMILES string of the molecule is COc1ccccc1CC(=O)Nc1cc(Cl)cc(Cl)c1. The van der Waals surface area contributed by atoms with Gasteiger partial charge in [0.1, 0.15) is 5.75 Å². The van der Waals surface area contributed by atoms with Crippen LogP contribution in [0.2, 0.25) is 10.0 Å². The van der Waals surface area contributed by atoms with Gasteiger partial charge in [-0.25, -0.2) is 0 Å². The number of amides is 1. The van der Waals surface area contributed by atoms with E-state index in [9.17, 15) is 4.79 Å². The second-order valence-electron chi connectivity index (χ2n) is 4.19. The van der Waals surface area contributed by atoms with E-state index in [2.05, 4.69) is 5.32 Å². The first kappa shape index (κ1) is 14.7. The minimum Gasteiger partial charge on any atom is -0.496 e. The van der Waals surface area contributed by atoms with Crippen molar-refractivity contribution in [2.24, 2.45) is 0 Å². The molecule has 2 aromatic carbocycles. The number of halogens is 2.